The summed E-state index contributed by atoms with van der Waals surface area (Å²) in [6.07, 6.45) is 4.40. The van der Waals surface area contributed by atoms with Crippen LogP contribution in [0.3, 0.4) is 0 Å². The smallest absolute Gasteiger partial charge is 0.410 e. The van der Waals surface area contributed by atoms with E-state index >= 15 is 0 Å². The molecule has 0 bridgehead atoms. The molecule has 0 atom stereocenters. The summed E-state index contributed by atoms with van der Waals surface area (Å²) >= 11 is 0. The lowest BCUT2D eigenvalue weighted by Crippen LogP contribution is -2.35. The van der Waals surface area contributed by atoms with Crippen molar-refractivity contribution in [3.63, 3.8) is 0 Å². The molecule has 6 nitrogen and oxygen atoms in total. The van der Waals surface area contributed by atoms with E-state index in [2.05, 4.69) is 16.4 Å². The fourth-order valence-electron chi connectivity index (χ4n) is 2.74. The van der Waals surface area contributed by atoms with Crippen LogP contribution < -0.4 is 5.32 Å². The first-order valence-corrected chi connectivity index (χ1v) is 8.60. The van der Waals surface area contributed by atoms with E-state index in [0.29, 0.717) is 19.8 Å². The Balaban J connectivity index is 1.56. The summed E-state index contributed by atoms with van der Waals surface area (Å²) < 4.78 is 10.4. The number of hydrogen-bond donors (Lipinski definition) is 1. The van der Waals surface area contributed by atoms with Crippen LogP contribution in [0.2, 0.25) is 0 Å². The predicted molar refractivity (Wildman–Crippen MR) is 101 cm³/mol. The minimum atomic E-state index is -0.294. The van der Waals surface area contributed by atoms with E-state index in [1.165, 1.54) is 0 Å². The van der Waals surface area contributed by atoms with Crippen LogP contribution in [0.1, 0.15) is 17.7 Å². The van der Waals surface area contributed by atoms with Crippen LogP contribution in [0.5, 0.6) is 0 Å². The molecule has 1 aliphatic rings. The van der Waals surface area contributed by atoms with Gasteiger partial charge in [0.25, 0.3) is 0 Å². The molecule has 0 saturated carbocycles. The molecular weight excluding hydrogens is 330 g/mol. The van der Waals surface area contributed by atoms with Crippen LogP contribution in [-0.4, -0.2) is 42.9 Å². The number of aromatic nitrogens is 1. The first kappa shape index (κ1) is 17.9. The fourth-order valence-corrected chi connectivity index (χ4v) is 2.74. The Bertz CT molecular complexity index is 745. The molecule has 0 aliphatic carbocycles. The number of benzene rings is 1. The van der Waals surface area contributed by atoms with Gasteiger partial charge in [0.05, 0.1) is 24.1 Å². The minimum Gasteiger partial charge on any atom is -0.445 e. The van der Waals surface area contributed by atoms with Crippen LogP contribution in [0.15, 0.2) is 54.7 Å². The number of nitrogens with one attached hydrogen (secondary N) is 1. The average Bonchev–Trinajstić information content (AvgIpc) is 2.71. The van der Waals surface area contributed by atoms with Crippen molar-refractivity contribution in [3.05, 3.63) is 66.0 Å². The summed E-state index contributed by atoms with van der Waals surface area (Å²) in [5, 5.41) is 3.10. The van der Waals surface area contributed by atoms with Gasteiger partial charge in [0.2, 0.25) is 0 Å². The topological polar surface area (TPSA) is 63.7 Å². The van der Waals surface area contributed by atoms with Gasteiger partial charge < -0.3 is 19.7 Å². The van der Waals surface area contributed by atoms with Gasteiger partial charge in [0.1, 0.15) is 13.3 Å². The number of rotatable bonds is 6. The zero-order valence-corrected chi connectivity index (χ0v) is 14.9. The molecule has 1 amide bonds. The van der Waals surface area contributed by atoms with E-state index < -0.39 is 0 Å². The number of ether oxygens (including phenoxy) is 2. The Morgan fingerprint density at radius 3 is 2.81 bits per heavy atom. The molecule has 1 aliphatic heterocycles. The summed E-state index contributed by atoms with van der Waals surface area (Å²) in [5.41, 5.74) is 3.78. The lowest BCUT2D eigenvalue weighted by Gasteiger charge is -2.26. The van der Waals surface area contributed by atoms with Gasteiger partial charge in [-0.1, -0.05) is 36.4 Å². The molecule has 0 fully saturated rings. The van der Waals surface area contributed by atoms with Gasteiger partial charge in [-0.2, -0.15) is 0 Å². The molecule has 0 unspecified atom stereocenters. The van der Waals surface area contributed by atoms with E-state index in [0.717, 1.165) is 28.9 Å². The molecule has 1 N–H and O–H groups in total. The van der Waals surface area contributed by atoms with E-state index in [9.17, 15) is 4.79 Å². The Hall–Kier alpha value is -2.86. The van der Waals surface area contributed by atoms with E-state index in [-0.39, 0.29) is 12.7 Å². The van der Waals surface area contributed by atoms with Gasteiger partial charge in [-0.05, 0) is 29.7 Å². The molecule has 0 saturated heterocycles. The fraction of sp³-hybridized carbons (Fsp3) is 0.300. The molecule has 0 spiro atoms. The van der Waals surface area contributed by atoms with Crippen LogP contribution in [0.4, 0.5) is 10.5 Å². The third-order valence-electron chi connectivity index (χ3n) is 4.13. The lowest BCUT2D eigenvalue weighted by atomic mass is 10.1. The molecule has 26 heavy (non-hydrogen) atoms. The van der Waals surface area contributed by atoms with Gasteiger partial charge in [0, 0.05) is 13.7 Å². The maximum Gasteiger partial charge on any atom is 0.410 e. The SMILES string of the molecule is COCNc1ccc(C2=CCCN(C(=O)OCc3ccccc3)C2)nc1. The molecule has 3 rings (SSSR count). The Labute approximate surface area is 153 Å². The van der Waals surface area contributed by atoms with Crippen molar-refractivity contribution in [2.24, 2.45) is 0 Å². The second-order valence-corrected chi connectivity index (χ2v) is 6.02. The molecule has 2 heterocycles. The summed E-state index contributed by atoms with van der Waals surface area (Å²) in [4.78, 5) is 18.5. The van der Waals surface area contributed by atoms with Crippen molar-refractivity contribution in [2.75, 3.05) is 32.2 Å². The van der Waals surface area contributed by atoms with E-state index in [1.807, 2.05) is 42.5 Å². The largest absolute Gasteiger partial charge is 0.445 e. The van der Waals surface area contributed by atoms with Crippen molar-refractivity contribution in [2.45, 2.75) is 13.0 Å². The first-order valence-electron chi connectivity index (χ1n) is 8.60. The third-order valence-corrected chi connectivity index (χ3v) is 4.13. The Morgan fingerprint density at radius 1 is 1.23 bits per heavy atom. The van der Waals surface area contributed by atoms with Gasteiger partial charge in [-0.15, -0.1) is 0 Å². The van der Waals surface area contributed by atoms with E-state index in [1.54, 1.807) is 18.2 Å². The zero-order chi connectivity index (χ0) is 18.2. The normalized spacial score (nSPS) is 13.9. The molecule has 2 aromatic rings. The zero-order valence-electron chi connectivity index (χ0n) is 14.9. The molecular formula is C20H23N3O3. The van der Waals surface area contributed by atoms with Gasteiger partial charge in [-0.25, -0.2) is 4.79 Å². The van der Waals surface area contributed by atoms with Crippen molar-refractivity contribution >= 4 is 17.4 Å². The number of hydrogen-bond acceptors (Lipinski definition) is 5. The number of amides is 1. The van der Waals surface area contributed by atoms with Crippen molar-refractivity contribution < 1.29 is 14.3 Å². The Kier molecular flexibility index (Phi) is 6.22. The summed E-state index contributed by atoms with van der Waals surface area (Å²) in [6.45, 7) is 1.88. The second kappa shape index (κ2) is 9.01. The highest BCUT2D eigenvalue weighted by molar-refractivity contribution is 5.74. The van der Waals surface area contributed by atoms with Crippen molar-refractivity contribution in [3.8, 4) is 0 Å². The number of methoxy groups -OCH3 is 1. The minimum absolute atomic E-state index is 0.285. The maximum atomic E-state index is 12.4. The van der Waals surface area contributed by atoms with E-state index in [4.69, 9.17) is 9.47 Å². The van der Waals surface area contributed by atoms with Crippen molar-refractivity contribution in [1.29, 1.82) is 0 Å². The quantitative estimate of drug-likeness (QED) is 0.805. The van der Waals surface area contributed by atoms with Gasteiger partial charge in [-0.3, -0.25) is 4.98 Å². The van der Waals surface area contributed by atoms with Crippen LogP contribution >= 0.6 is 0 Å². The first-order chi connectivity index (χ1) is 12.8. The number of anilines is 1. The Morgan fingerprint density at radius 2 is 2.08 bits per heavy atom. The highest BCUT2D eigenvalue weighted by Crippen LogP contribution is 2.21. The predicted octanol–water partition coefficient (Wildman–Crippen LogP) is 3.52. The van der Waals surface area contributed by atoms with Gasteiger partial charge >= 0.3 is 6.09 Å². The summed E-state index contributed by atoms with van der Waals surface area (Å²) in [7, 11) is 1.63. The highest BCUT2D eigenvalue weighted by atomic mass is 16.6. The van der Waals surface area contributed by atoms with Gasteiger partial charge in [0.15, 0.2) is 0 Å². The molecule has 1 aromatic carbocycles. The molecule has 136 valence electrons. The third kappa shape index (κ3) is 4.83. The molecule has 6 heteroatoms. The molecule has 1 aromatic heterocycles. The highest BCUT2D eigenvalue weighted by Gasteiger charge is 2.20. The number of carbonyl (C=O) groups excluding carboxylic acids is 1. The maximum absolute atomic E-state index is 12.4. The summed E-state index contributed by atoms with van der Waals surface area (Å²) in [5.74, 6) is 0. The average molecular weight is 353 g/mol. The number of pyridine rings is 1. The molecule has 0 radical (unpaired) electrons. The standard InChI is InChI=1S/C20H23N3O3/c1-25-15-22-18-9-10-19(21-12-18)17-8-5-11-23(13-17)20(24)26-14-16-6-3-2-4-7-16/h2-4,6-10,12,22H,5,11,13-15H2,1H3. The monoisotopic (exact) mass is 353 g/mol. The number of nitrogens with zero attached hydrogens (tertiary/aromatic N) is 2. The second-order valence-electron chi connectivity index (χ2n) is 6.02. The van der Waals surface area contributed by atoms with Crippen LogP contribution in [0, 0.1) is 0 Å². The van der Waals surface area contributed by atoms with Crippen LogP contribution in [-0.2, 0) is 16.1 Å². The number of carbonyl (C=O) groups is 1. The lowest BCUT2D eigenvalue weighted by molar-refractivity contribution is 0.100. The summed E-state index contributed by atoms with van der Waals surface area (Å²) in [6, 6.07) is 13.6. The van der Waals surface area contributed by atoms with Crippen LogP contribution in [0.25, 0.3) is 5.57 Å². The van der Waals surface area contributed by atoms with Crippen molar-refractivity contribution in [1.82, 2.24) is 9.88 Å².